The van der Waals surface area contributed by atoms with E-state index < -0.39 is 36.7 Å². The number of hydrogen-bond donors (Lipinski definition) is 0. The van der Waals surface area contributed by atoms with Gasteiger partial charge in [-0.25, -0.2) is 4.79 Å². The first kappa shape index (κ1) is 14.9. The van der Waals surface area contributed by atoms with E-state index in [0.29, 0.717) is 0 Å². The Morgan fingerprint density at radius 1 is 1.39 bits per heavy atom. The predicted octanol–water partition coefficient (Wildman–Crippen LogP) is 2.32. The molecule has 0 radical (unpaired) electrons. The zero-order chi connectivity index (χ0) is 14.0. The van der Waals surface area contributed by atoms with Gasteiger partial charge in [-0.15, -0.1) is 0 Å². The Hall–Kier alpha value is -1.18. The summed E-state index contributed by atoms with van der Waals surface area (Å²) in [4.78, 5) is 10.6. The van der Waals surface area contributed by atoms with Gasteiger partial charge in [0.2, 0.25) is 0 Å². The van der Waals surface area contributed by atoms with E-state index >= 15 is 0 Å². The van der Waals surface area contributed by atoms with E-state index in [2.05, 4.69) is 16.1 Å². The second-order valence-corrected chi connectivity index (χ2v) is 3.76. The summed E-state index contributed by atoms with van der Waals surface area (Å²) in [7, 11) is 0. The maximum Gasteiger partial charge on any atom is 0.453 e. The maximum absolute atomic E-state index is 12.9. The molecule has 1 saturated heterocycles. The Kier molecular flexibility index (Phi) is 4.31. The molecule has 0 aromatic heterocycles. The standard InChI is InChI=1S/C10H11F5O3/c1-2-8(16)17-4-3-7-6(5-18-7)9(11,12)10(13,14)15/h2,6-7H,1,3-5H2. The van der Waals surface area contributed by atoms with Crippen molar-refractivity contribution in [2.45, 2.75) is 24.6 Å². The molecule has 3 nitrogen and oxygen atoms in total. The number of carbonyl (C=O) groups is 1. The average molecular weight is 274 g/mol. The van der Waals surface area contributed by atoms with E-state index in [9.17, 15) is 26.7 Å². The van der Waals surface area contributed by atoms with E-state index in [1.807, 2.05) is 0 Å². The summed E-state index contributed by atoms with van der Waals surface area (Å²) in [6, 6.07) is 0. The summed E-state index contributed by atoms with van der Waals surface area (Å²) in [5.41, 5.74) is 0. The Morgan fingerprint density at radius 3 is 2.39 bits per heavy atom. The third-order valence-corrected chi connectivity index (χ3v) is 2.60. The minimum absolute atomic E-state index is 0.212. The molecule has 8 heteroatoms. The normalized spacial score (nSPS) is 24.3. The quantitative estimate of drug-likeness (QED) is 0.438. The molecule has 2 atom stereocenters. The van der Waals surface area contributed by atoms with Gasteiger partial charge in [0.1, 0.15) is 0 Å². The number of alkyl halides is 5. The SMILES string of the molecule is C=CC(=O)OCCC1OCC1C(F)(F)C(F)(F)F. The summed E-state index contributed by atoms with van der Waals surface area (Å²) in [6.07, 6.45) is -6.21. The van der Waals surface area contributed by atoms with Gasteiger partial charge in [-0.1, -0.05) is 6.58 Å². The lowest BCUT2D eigenvalue weighted by Crippen LogP contribution is -2.57. The predicted molar refractivity (Wildman–Crippen MR) is 50.0 cm³/mol. The Labute approximate surface area is 99.5 Å². The highest BCUT2D eigenvalue weighted by atomic mass is 19.4. The molecule has 0 aromatic carbocycles. The van der Waals surface area contributed by atoms with E-state index in [1.54, 1.807) is 0 Å². The minimum atomic E-state index is -5.60. The highest BCUT2D eigenvalue weighted by molar-refractivity contribution is 5.81. The monoisotopic (exact) mass is 274 g/mol. The summed E-state index contributed by atoms with van der Waals surface area (Å²) in [5, 5.41) is 0. The second-order valence-electron chi connectivity index (χ2n) is 3.76. The molecule has 1 aliphatic rings. The van der Waals surface area contributed by atoms with E-state index in [-0.39, 0.29) is 13.0 Å². The van der Waals surface area contributed by atoms with Gasteiger partial charge in [0, 0.05) is 12.5 Å². The van der Waals surface area contributed by atoms with Crippen molar-refractivity contribution in [1.82, 2.24) is 0 Å². The van der Waals surface area contributed by atoms with Crippen molar-refractivity contribution < 1.29 is 36.2 Å². The highest BCUT2D eigenvalue weighted by Gasteiger charge is 2.66. The number of halogens is 5. The van der Waals surface area contributed by atoms with E-state index in [1.165, 1.54) is 0 Å². The molecule has 104 valence electrons. The molecule has 1 rings (SSSR count). The smallest absolute Gasteiger partial charge is 0.453 e. The number of ether oxygens (including phenoxy) is 2. The van der Waals surface area contributed by atoms with Crippen LogP contribution in [0.15, 0.2) is 12.7 Å². The molecule has 1 heterocycles. The molecule has 1 fully saturated rings. The molecular weight excluding hydrogens is 263 g/mol. The van der Waals surface area contributed by atoms with Gasteiger partial charge in [-0.05, 0) is 0 Å². The molecule has 18 heavy (non-hydrogen) atoms. The third kappa shape index (κ3) is 2.98. The Morgan fingerprint density at radius 2 is 2.00 bits per heavy atom. The molecule has 0 spiro atoms. The first-order chi connectivity index (χ1) is 8.20. The van der Waals surface area contributed by atoms with Crippen LogP contribution >= 0.6 is 0 Å². The lowest BCUT2D eigenvalue weighted by atomic mass is 9.88. The molecule has 0 saturated carbocycles. The second kappa shape index (κ2) is 5.21. The van der Waals surface area contributed by atoms with Crippen LogP contribution in [0.25, 0.3) is 0 Å². The number of rotatable bonds is 5. The van der Waals surface area contributed by atoms with Crippen LogP contribution in [-0.4, -0.2) is 37.4 Å². The fourth-order valence-electron chi connectivity index (χ4n) is 1.50. The van der Waals surface area contributed by atoms with Gasteiger partial charge >= 0.3 is 18.1 Å². The van der Waals surface area contributed by atoms with Crippen LogP contribution in [0.5, 0.6) is 0 Å². The van der Waals surface area contributed by atoms with Crippen molar-refractivity contribution >= 4 is 5.97 Å². The van der Waals surface area contributed by atoms with Crippen LogP contribution in [0, 0.1) is 5.92 Å². The van der Waals surface area contributed by atoms with Crippen LogP contribution < -0.4 is 0 Å². The van der Waals surface area contributed by atoms with Crippen LogP contribution in [0.1, 0.15) is 6.42 Å². The van der Waals surface area contributed by atoms with Crippen LogP contribution in [0.4, 0.5) is 22.0 Å². The van der Waals surface area contributed by atoms with Crippen molar-refractivity contribution in [3.8, 4) is 0 Å². The van der Waals surface area contributed by atoms with Crippen molar-refractivity contribution in [3.63, 3.8) is 0 Å². The highest BCUT2D eigenvalue weighted by Crippen LogP contribution is 2.47. The molecule has 1 aliphatic heterocycles. The maximum atomic E-state index is 12.9. The Bertz CT molecular complexity index is 326. The first-order valence-electron chi connectivity index (χ1n) is 5.05. The van der Waals surface area contributed by atoms with E-state index in [0.717, 1.165) is 6.08 Å². The Balaban J connectivity index is 2.46. The van der Waals surface area contributed by atoms with Crippen molar-refractivity contribution in [2.24, 2.45) is 5.92 Å². The van der Waals surface area contributed by atoms with Gasteiger partial charge in [0.15, 0.2) is 0 Å². The van der Waals surface area contributed by atoms with Crippen molar-refractivity contribution in [3.05, 3.63) is 12.7 Å². The van der Waals surface area contributed by atoms with Crippen LogP contribution in [0.3, 0.4) is 0 Å². The molecular formula is C10H11F5O3. The van der Waals surface area contributed by atoms with Crippen LogP contribution in [0.2, 0.25) is 0 Å². The first-order valence-corrected chi connectivity index (χ1v) is 5.05. The van der Waals surface area contributed by atoms with Gasteiger partial charge in [0.05, 0.1) is 25.2 Å². The zero-order valence-corrected chi connectivity index (χ0v) is 9.18. The third-order valence-electron chi connectivity index (χ3n) is 2.60. The van der Waals surface area contributed by atoms with Crippen molar-refractivity contribution in [2.75, 3.05) is 13.2 Å². The summed E-state index contributed by atoms with van der Waals surface area (Å²) in [5.74, 6) is -7.49. The average Bonchev–Trinajstić information content (AvgIpc) is 2.19. The minimum Gasteiger partial charge on any atom is -0.462 e. The fraction of sp³-hybridized carbons (Fsp3) is 0.700. The topological polar surface area (TPSA) is 35.5 Å². The summed E-state index contributed by atoms with van der Waals surface area (Å²) in [6.45, 7) is 2.15. The van der Waals surface area contributed by atoms with Crippen molar-refractivity contribution in [1.29, 1.82) is 0 Å². The van der Waals surface area contributed by atoms with E-state index in [4.69, 9.17) is 0 Å². The van der Waals surface area contributed by atoms with Gasteiger partial charge < -0.3 is 9.47 Å². The number of esters is 1. The lowest BCUT2D eigenvalue weighted by Gasteiger charge is -2.41. The van der Waals surface area contributed by atoms with Gasteiger partial charge in [-0.2, -0.15) is 22.0 Å². The number of carbonyl (C=O) groups excluding carboxylic acids is 1. The van der Waals surface area contributed by atoms with Gasteiger partial charge in [-0.3, -0.25) is 0 Å². The lowest BCUT2D eigenvalue weighted by molar-refractivity contribution is -0.343. The van der Waals surface area contributed by atoms with Crippen LogP contribution in [-0.2, 0) is 14.3 Å². The summed E-state index contributed by atoms with van der Waals surface area (Å²) >= 11 is 0. The van der Waals surface area contributed by atoms with Gasteiger partial charge in [0.25, 0.3) is 0 Å². The zero-order valence-electron chi connectivity index (χ0n) is 9.18. The fourth-order valence-corrected chi connectivity index (χ4v) is 1.50. The molecule has 2 unspecified atom stereocenters. The molecule has 0 N–H and O–H groups in total. The largest absolute Gasteiger partial charge is 0.462 e. The molecule has 0 bridgehead atoms. The molecule has 0 aliphatic carbocycles. The molecule has 0 amide bonds. The number of hydrogen-bond acceptors (Lipinski definition) is 3. The molecule has 0 aromatic rings. The summed E-state index contributed by atoms with van der Waals surface area (Å²) < 4.78 is 71.3.